The number of aryl methyl sites for hydroxylation is 1. The molecular formula is C19H21BrN2O3. The monoisotopic (exact) mass is 404 g/mol. The second kappa shape index (κ2) is 7.14. The zero-order chi connectivity index (χ0) is 18.1. The van der Waals surface area contributed by atoms with E-state index < -0.39 is 0 Å². The van der Waals surface area contributed by atoms with E-state index in [0.29, 0.717) is 31.0 Å². The second-order valence-corrected chi connectivity index (χ2v) is 7.26. The molecule has 1 atom stereocenters. The van der Waals surface area contributed by atoms with Crippen LogP contribution in [-0.4, -0.2) is 41.3 Å². The van der Waals surface area contributed by atoms with Crippen LogP contribution in [0.1, 0.15) is 50.7 Å². The van der Waals surface area contributed by atoms with Crippen LogP contribution in [0.3, 0.4) is 0 Å². The molecule has 1 aliphatic rings. The highest BCUT2D eigenvalue weighted by Gasteiger charge is 2.29. The van der Waals surface area contributed by atoms with Crippen molar-refractivity contribution in [2.75, 3.05) is 19.7 Å². The topological polar surface area (TPSA) is 62.4 Å². The Bertz CT molecular complexity index is 811. The molecule has 0 aliphatic carbocycles. The molecule has 25 heavy (non-hydrogen) atoms. The lowest BCUT2D eigenvalue weighted by Gasteiger charge is -2.33. The van der Waals surface area contributed by atoms with Gasteiger partial charge in [-0.15, -0.1) is 0 Å². The van der Waals surface area contributed by atoms with Gasteiger partial charge in [-0.3, -0.25) is 9.59 Å². The number of hydrogen-bond donors (Lipinski definition) is 1. The van der Waals surface area contributed by atoms with Gasteiger partial charge in [0, 0.05) is 22.3 Å². The number of Topliss-reactive ketones (excluding diaryl/α,β-unsaturated/α-hetero) is 1. The molecule has 1 aliphatic heterocycles. The molecule has 1 aromatic carbocycles. The third-order valence-corrected chi connectivity index (χ3v) is 5.13. The fourth-order valence-electron chi connectivity index (χ4n) is 3.36. The molecule has 3 rings (SSSR count). The fourth-order valence-corrected chi connectivity index (χ4v) is 3.63. The Labute approximate surface area is 155 Å². The van der Waals surface area contributed by atoms with Crippen molar-refractivity contribution in [3.63, 3.8) is 0 Å². The lowest BCUT2D eigenvalue weighted by Crippen LogP contribution is -2.42. The van der Waals surface area contributed by atoms with Crippen LogP contribution in [0.25, 0.3) is 0 Å². The Morgan fingerprint density at radius 2 is 1.92 bits per heavy atom. The number of aromatic amines is 1. The van der Waals surface area contributed by atoms with Crippen LogP contribution in [0.15, 0.2) is 28.7 Å². The number of nitrogens with one attached hydrogen (secondary N) is 1. The Morgan fingerprint density at radius 3 is 2.52 bits per heavy atom. The minimum Gasteiger partial charge on any atom is -0.370 e. The van der Waals surface area contributed by atoms with Gasteiger partial charge in [0.2, 0.25) is 0 Å². The number of H-pyrrole nitrogens is 1. The molecule has 1 unspecified atom stereocenters. The number of hydrogen-bond acceptors (Lipinski definition) is 3. The van der Waals surface area contributed by atoms with Crippen molar-refractivity contribution >= 4 is 27.6 Å². The number of rotatable bonds is 3. The van der Waals surface area contributed by atoms with E-state index in [1.165, 1.54) is 6.92 Å². The van der Waals surface area contributed by atoms with Gasteiger partial charge in [0.25, 0.3) is 5.91 Å². The van der Waals surface area contributed by atoms with E-state index in [1.54, 1.807) is 4.90 Å². The van der Waals surface area contributed by atoms with Crippen molar-refractivity contribution in [1.29, 1.82) is 0 Å². The minimum atomic E-state index is -0.144. The SMILES string of the molecule is CC(=O)c1c(C)[nH]c(C(=O)N2CCOC(c3ccc(Br)cc3)C2)c1C. The smallest absolute Gasteiger partial charge is 0.270 e. The van der Waals surface area contributed by atoms with Gasteiger partial charge < -0.3 is 14.6 Å². The summed E-state index contributed by atoms with van der Waals surface area (Å²) in [5.74, 6) is -0.112. The molecule has 1 aromatic heterocycles. The molecule has 2 heterocycles. The Hall–Kier alpha value is -1.92. The third-order valence-electron chi connectivity index (χ3n) is 4.60. The number of benzene rings is 1. The number of carbonyl (C=O) groups excluding carboxylic acids is 2. The summed E-state index contributed by atoms with van der Waals surface area (Å²) in [5, 5.41) is 0. The first-order chi connectivity index (χ1) is 11.9. The highest BCUT2D eigenvalue weighted by molar-refractivity contribution is 9.10. The zero-order valence-electron chi connectivity index (χ0n) is 14.6. The van der Waals surface area contributed by atoms with Gasteiger partial charge >= 0.3 is 0 Å². The van der Waals surface area contributed by atoms with E-state index in [-0.39, 0.29) is 17.8 Å². The quantitative estimate of drug-likeness (QED) is 0.790. The fraction of sp³-hybridized carbons (Fsp3) is 0.368. The summed E-state index contributed by atoms with van der Waals surface area (Å²) in [4.78, 5) is 29.6. The third kappa shape index (κ3) is 3.55. The predicted molar refractivity (Wildman–Crippen MR) is 99.0 cm³/mol. The summed E-state index contributed by atoms with van der Waals surface area (Å²) >= 11 is 3.43. The number of amides is 1. The standard InChI is InChI=1S/C19H21BrN2O3/c1-11-17(13(3)23)12(2)21-18(11)19(24)22-8-9-25-16(10-22)14-4-6-15(20)7-5-14/h4-7,16,21H,8-10H2,1-3H3. The Morgan fingerprint density at radius 1 is 1.24 bits per heavy atom. The van der Waals surface area contributed by atoms with Crippen LogP contribution in [0, 0.1) is 13.8 Å². The predicted octanol–water partition coefficient (Wildman–Crippen LogP) is 3.81. The van der Waals surface area contributed by atoms with Crippen molar-refractivity contribution in [2.24, 2.45) is 0 Å². The first-order valence-electron chi connectivity index (χ1n) is 8.25. The molecule has 132 valence electrons. The number of morpholine rings is 1. The Balaban J connectivity index is 1.82. The van der Waals surface area contributed by atoms with Crippen molar-refractivity contribution in [2.45, 2.75) is 26.9 Å². The number of aromatic nitrogens is 1. The van der Waals surface area contributed by atoms with Crippen molar-refractivity contribution < 1.29 is 14.3 Å². The lowest BCUT2D eigenvalue weighted by atomic mass is 10.1. The summed E-state index contributed by atoms with van der Waals surface area (Å²) in [7, 11) is 0. The van der Waals surface area contributed by atoms with Gasteiger partial charge in [0.05, 0.1) is 13.2 Å². The lowest BCUT2D eigenvalue weighted by molar-refractivity contribution is -0.0230. The molecule has 1 amide bonds. The molecule has 1 saturated heterocycles. The van der Waals surface area contributed by atoms with E-state index in [2.05, 4.69) is 20.9 Å². The normalized spacial score (nSPS) is 17.6. The maximum atomic E-state index is 13.0. The largest absolute Gasteiger partial charge is 0.370 e. The summed E-state index contributed by atoms with van der Waals surface area (Å²) in [6, 6.07) is 7.94. The first kappa shape index (κ1) is 17.9. The van der Waals surface area contributed by atoms with Crippen LogP contribution in [0.2, 0.25) is 0 Å². The van der Waals surface area contributed by atoms with E-state index in [9.17, 15) is 9.59 Å². The molecule has 0 bridgehead atoms. The number of carbonyl (C=O) groups is 2. The van der Waals surface area contributed by atoms with Crippen LogP contribution < -0.4 is 0 Å². The van der Waals surface area contributed by atoms with Gasteiger partial charge in [-0.05, 0) is 44.0 Å². The number of ketones is 1. The molecule has 0 saturated carbocycles. The summed E-state index contributed by atoms with van der Waals surface area (Å²) < 4.78 is 6.85. The van der Waals surface area contributed by atoms with Crippen molar-refractivity contribution in [3.8, 4) is 0 Å². The molecule has 2 aromatic rings. The molecule has 5 nitrogen and oxygen atoms in total. The molecule has 1 N–H and O–H groups in total. The van der Waals surface area contributed by atoms with Gasteiger partial charge in [-0.2, -0.15) is 0 Å². The zero-order valence-corrected chi connectivity index (χ0v) is 16.1. The van der Waals surface area contributed by atoms with Crippen LogP contribution in [-0.2, 0) is 4.74 Å². The van der Waals surface area contributed by atoms with E-state index in [1.807, 2.05) is 38.1 Å². The van der Waals surface area contributed by atoms with Gasteiger partial charge in [-0.1, -0.05) is 28.1 Å². The van der Waals surface area contributed by atoms with Gasteiger partial charge in [-0.25, -0.2) is 0 Å². The average molecular weight is 405 g/mol. The summed E-state index contributed by atoms with van der Waals surface area (Å²) in [6.45, 7) is 6.69. The number of ether oxygens (including phenoxy) is 1. The van der Waals surface area contributed by atoms with Crippen molar-refractivity contribution in [3.05, 3.63) is 56.8 Å². The van der Waals surface area contributed by atoms with Gasteiger partial charge in [0.15, 0.2) is 5.78 Å². The number of nitrogens with zero attached hydrogens (tertiary/aromatic N) is 1. The van der Waals surface area contributed by atoms with Crippen molar-refractivity contribution in [1.82, 2.24) is 9.88 Å². The maximum Gasteiger partial charge on any atom is 0.270 e. The first-order valence-corrected chi connectivity index (χ1v) is 9.04. The average Bonchev–Trinajstić information content (AvgIpc) is 2.89. The molecule has 6 heteroatoms. The second-order valence-electron chi connectivity index (χ2n) is 6.34. The molecular weight excluding hydrogens is 384 g/mol. The molecule has 1 fully saturated rings. The van der Waals surface area contributed by atoms with Crippen LogP contribution in [0.5, 0.6) is 0 Å². The molecule has 0 spiro atoms. The highest BCUT2D eigenvalue weighted by Crippen LogP contribution is 2.26. The van der Waals surface area contributed by atoms with E-state index >= 15 is 0 Å². The number of halogens is 1. The highest BCUT2D eigenvalue weighted by atomic mass is 79.9. The van der Waals surface area contributed by atoms with Crippen LogP contribution in [0.4, 0.5) is 0 Å². The van der Waals surface area contributed by atoms with Crippen LogP contribution >= 0.6 is 15.9 Å². The van der Waals surface area contributed by atoms with E-state index in [4.69, 9.17) is 4.74 Å². The van der Waals surface area contributed by atoms with Gasteiger partial charge in [0.1, 0.15) is 11.8 Å². The maximum absolute atomic E-state index is 13.0. The summed E-state index contributed by atoms with van der Waals surface area (Å²) in [6.07, 6.45) is -0.144. The van der Waals surface area contributed by atoms with E-state index in [0.717, 1.165) is 21.3 Å². The Kier molecular flexibility index (Phi) is 5.11. The minimum absolute atomic E-state index is 0.0278. The summed E-state index contributed by atoms with van der Waals surface area (Å²) in [5.41, 5.74) is 3.62. The molecule has 0 radical (unpaired) electrons.